The summed E-state index contributed by atoms with van der Waals surface area (Å²) in [6, 6.07) is 22.1. The molecular weight excluding hydrogens is 322 g/mol. The molecule has 4 nitrogen and oxygen atoms in total. The highest BCUT2D eigenvalue weighted by Gasteiger charge is 2.13. The van der Waals surface area contributed by atoms with Crippen molar-refractivity contribution in [2.24, 2.45) is 0 Å². The monoisotopic (exact) mass is 339 g/mol. The minimum Gasteiger partial charge on any atom is -0.455 e. The Morgan fingerprint density at radius 1 is 0.917 bits per heavy atom. The number of rotatable bonds is 6. The molecular formula is C19H17NO3S. The Morgan fingerprint density at radius 3 is 2.29 bits per heavy atom. The number of hydrogen-bond donors (Lipinski definition) is 1. The van der Waals surface area contributed by atoms with Crippen LogP contribution in [0.25, 0.3) is 0 Å². The molecule has 0 saturated heterocycles. The molecule has 0 bridgehead atoms. The Kier molecular flexibility index (Phi) is 5.23. The van der Waals surface area contributed by atoms with E-state index in [1.807, 2.05) is 60.7 Å². The minimum atomic E-state index is -1.19. The van der Waals surface area contributed by atoms with Gasteiger partial charge in [0.25, 0.3) is 5.91 Å². The van der Waals surface area contributed by atoms with E-state index in [2.05, 4.69) is 5.32 Å². The molecule has 3 aromatic rings. The normalized spacial score (nSPS) is 11.8. The van der Waals surface area contributed by atoms with Crippen LogP contribution in [0.2, 0.25) is 0 Å². The zero-order valence-electron chi connectivity index (χ0n) is 13.0. The van der Waals surface area contributed by atoms with E-state index in [-0.39, 0.29) is 17.4 Å². The molecule has 0 radical (unpaired) electrons. The van der Waals surface area contributed by atoms with Crippen molar-refractivity contribution >= 4 is 16.7 Å². The number of carbonyl (C=O) groups excluding carboxylic acids is 1. The van der Waals surface area contributed by atoms with Crippen molar-refractivity contribution in [3.63, 3.8) is 0 Å². The first-order chi connectivity index (χ1) is 11.7. The molecule has 0 aliphatic carbocycles. The summed E-state index contributed by atoms with van der Waals surface area (Å²) in [7, 11) is -1.19. The van der Waals surface area contributed by atoms with Crippen molar-refractivity contribution in [1.82, 2.24) is 5.32 Å². The van der Waals surface area contributed by atoms with Gasteiger partial charge in [-0.2, -0.15) is 0 Å². The van der Waals surface area contributed by atoms with Gasteiger partial charge in [0.15, 0.2) is 5.76 Å². The third-order valence-electron chi connectivity index (χ3n) is 3.46. The molecule has 0 saturated carbocycles. The molecule has 3 rings (SSSR count). The van der Waals surface area contributed by atoms with E-state index < -0.39 is 10.8 Å². The quantitative estimate of drug-likeness (QED) is 0.747. The standard InChI is InChI=1S/C19H17NO3S/c21-19(20-13-15-7-3-1-4-8-15)18-12-11-16(23-18)14-24(22)17-9-5-2-6-10-17/h1-12H,13-14H2,(H,20,21)/t24-/m0/s1. The Labute approximate surface area is 143 Å². The second-order valence-corrected chi connectivity index (χ2v) is 6.69. The minimum absolute atomic E-state index is 0.228. The van der Waals surface area contributed by atoms with Crippen molar-refractivity contribution in [3.8, 4) is 0 Å². The maximum atomic E-state index is 12.3. The fourth-order valence-electron chi connectivity index (χ4n) is 2.23. The summed E-state index contributed by atoms with van der Waals surface area (Å²) >= 11 is 0. The highest BCUT2D eigenvalue weighted by molar-refractivity contribution is 7.84. The van der Waals surface area contributed by atoms with E-state index in [0.29, 0.717) is 12.3 Å². The van der Waals surface area contributed by atoms with Crippen LogP contribution in [0.1, 0.15) is 21.9 Å². The van der Waals surface area contributed by atoms with Crippen LogP contribution in [0, 0.1) is 0 Å². The molecule has 122 valence electrons. The van der Waals surface area contributed by atoms with Gasteiger partial charge in [-0.15, -0.1) is 0 Å². The maximum absolute atomic E-state index is 12.3. The number of nitrogens with one attached hydrogen (secondary N) is 1. The Bertz CT molecular complexity index is 828. The highest BCUT2D eigenvalue weighted by Crippen LogP contribution is 2.15. The fraction of sp³-hybridized carbons (Fsp3) is 0.105. The summed E-state index contributed by atoms with van der Waals surface area (Å²) < 4.78 is 17.8. The Morgan fingerprint density at radius 2 is 1.58 bits per heavy atom. The summed E-state index contributed by atoms with van der Waals surface area (Å²) in [5, 5.41) is 2.81. The number of amides is 1. The van der Waals surface area contributed by atoms with E-state index in [0.717, 1.165) is 10.5 Å². The summed E-state index contributed by atoms with van der Waals surface area (Å²) in [4.78, 5) is 12.8. The molecule has 0 aliphatic rings. The van der Waals surface area contributed by atoms with Crippen LogP contribution in [-0.4, -0.2) is 10.1 Å². The molecule has 1 N–H and O–H groups in total. The van der Waals surface area contributed by atoms with Crippen molar-refractivity contribution in [3.05, 3.63) is 89.9 Å². The van der Waals surface area contributed by atoms with Crippen molar-refractivity contribution in [2.75, 3.05) is 0 Å². The van der Waals surface area contributed by atoms with Gasteiger partial charge in [-0.05, 0) is 29.8 Å². The van der Waals surface area contributed by atoms with Gasteiger partial charge in [0, 0.05) is 11.4 Å². The van der Waals surface area contributed by atoms with Gasteiger partial charge >= 0.3 is 0 Å². The summed E-state index contributed by atoms with van der Waals surface area (Å²) in [6.45, 7) is 0.436. The molecule has 1 heterocycles. The number of benzene rings is 2. The lowest BCUT2D eigenvalue weighted by Crippen LogP contribution is -2.22. The number of carbonyl (C=O) groups is 1. The Balaban J connectivity index is 1.58. The average Bonchev–Trinajstić information content (AvgIpc) is 3.10. The van der Waals surface area contributed by atoms with Crippen LogP contribution in [-0.2, 0) is 23.1 Å². The topological polar surface area (TPSA) is 59.3 Å². The van der Waals surface area contributed by atoms with E-state index in [9.17, 15) is 9.00 Å². The maximum Gasteiger partial charge on any atom is 0.287 e. The van der Waals surface area contributed by atoms with Gasteiger partial charge in [-0.1, -0.05) is 48.5 Å². The predicted molar refractivity (Wildman–Crippen MR) is 92.9 cm³/mol. The van der Waals surface area contributed by atoms with Crippen LogP contribution in [0.5, 0.6) is 0 Å². The van der Waals surface area contributed by atoms with Gasteiger partial charge in [-0.3, -0.25) is 9.00 Å². The summed E-state index contributed by atoms with van der Waals surface area (Å²) in [5.41, 5.74) is 1.02. The predicted octanol–water partition coefficient (Wildman–Crippen LogP) is 3.52. The Hall–Kier alpha value is -2.66. The van der Waals surface area contributed by atoms with E-state index in [4.69, 9.17) is 4.42 Å². The fourth-order valence-corrected chi connectivity index (χ4v) is 3.27. The molecule has 0 aliphatic heterocycles. The first kappa shape index (κ1) is 16.2. The smallest absolute Gasteiger partial charge is 0.287 e. The van der Waals surface area contributed by atoms with E-state index in [1.165, 1.54) is 0 Å². The molecule has 5 heteroatoms. The van der Waals surface area contributed by atoms with Crippen LogP contribution in [0.15, 0.2) is 82.1 Å². The molecule has 0 spiro atoms. The number of furan rings is 1. The first-order valence-corrected chi connectivity index (χ1v) is 8.88. The largest absolute Gasteiger partial charge is 0.455 e. The first-order valence-electron chi connectivity index (χ1n) is 7.56. The molecule has 0 fully saturated rings. The molecule has 1 aromatic heterocycles. The molecule has 24 heavy (non-hydrogen) atoms. The molecule has 0 unspecified atom stereocenters. The second kappa shape index (κ2) is 7.75. The van der Waals surface area contributed by atoms with Gasteiger partial charge in [-0.25, -0.2) is 0 Å². The molecule has 2 aromatic carbocycles. The highest BCUT2D eigenvalue weighted by atomic mass is 32.2. The van der Waals surface area contributed by atoms with Crippen molar-refractivity contribution in [1.29, 1.82) is 0 Å². The van der Waals surface area contributed by atoms with Crippen LogP contribution in [0.4, 0.5) is 0 Å². The van der Waals surface area contributed by atoms with Gasteiger partial charge in [0.1, 0.15) is 5.76 Å². The lowest BCUT2D eigenvalue weighted by Gasteiger charge is -2.03. The summed E-state index contributed by atoms with van der Waals surface area (Å²) in [5.74, 6) is 0.722. The third kappa shape index (κ3) is 4.20. The lowest BCUT2D eigenvalue weighted by atomic mass is 10.2. The lowest BCUT2D eigenvalue weighted by molar-refractivity contribution is 0.0921. The van der Waals surface area contributed by atoms with Gasteiger partial charge in [0.2, 0.25) is 0 Å². The van der Waals surface area contributed by atoms with E-state index >= 15 is 0 Å². The van der Waals surface area contributed by atoms with Crippen LogP contribution < -0.4 is 5.32 Å². The number of hydrogen-bond acceptors (Lipinski definition) is 3. The molecule has 1 atom stereocenters. The van der Waals surface area contributed by atoms with Gasteiger partial charge < -0.3 is 9.73 Å². The van der Waals surface area contributed by atoms with Crippen molar-refractivity contribution in [2.45, 2.75) is 17.2 Å². The average molecular weight is 339 g/mol. The zero-order valence-corrected chi connectivity index (χ0v) is 13.8. The second-order valence-electron chi connectivity index (χ2n) is 5.24. The van der Waals surface area contributed by atoms with E-state index in [1.54, 1.807) is 12.1 Å². The zero-order chi connectivity index (χ0) is 16.8. The van der Waals surface area contributed by atoms with Gasteiger partial charge in [0.05, 0.1) is 16.6 Å². The van der Waals surface area contributed by atoms with Crippen LogP contribution in [0.3, 0.4) is 0 Å². The van der Waals surface area contributed by atoms with Crippen molar-refractivity contribution < 1.29 is 13.4 Å². The summed E-state index contributed by atoms with van der Waals surface area (Å²) in [6.07, 6.45) is 0. The third-order valence-corrected chi connectivity index (χ3v) is 4.81. The molecule has 1 amide bonds. The van der Waals surface area contributed by atoms with Crippen LogP contribution >= 0.6 is 0 Å². The SMILES string of the molecule is O=C(NCc1ccccc1)c1ccc(C[S@](=O)c2ccccc2)o1.